The molecule has 2 N–H and O–H groups in total. The first-order valence-corrected chi connectivity index (χ1v) is 11.1. The van der Waals surface area contributed by atoms with Gasteiger partial charge in [-0.2, -0.15) is 5.48 Å². The fourth-order valence-electron chi connectivity index (χ4n) is 3.85. The molecule has 0 aliphatic rings. The molecule has 0 atom stereocenters. The topological polar surface area (TPSA) is 60.0 Å². The van der Waals surface area contributed by atoms with Crippen LogP contribution in [-0.4, -0.2) is 32.5 Å². The second-order valence-corrected chi connectivity index (χ2v) is 7.66. The van der Waals surface area contributed by atoms with Crippen molar-refractivity contribution < 1.29 is 19.4 Å². The van der Waals surface area contributed by atoms with Crippen molar-refractivity contribution in [3.05, 3.63) is 95.6 Å². The van der Waals surface area contributed by atoms with E-state index in [2.05, 4.69) is 41.9 Å². The number of aliphatic hydroxyl groups is 1. The summed E-state index contributed by atoms with van der Waals surface area (Å²) in [7, 11) is 3.34. The summed E-state index contributed by atoms with van der Waals surface area (Å²) >= 11 is 0. The molecule has 0 saturated carbocycles. The Morgan fingerprint density at radius 3 is 1.66 bits per heavy atom. The number of ether oxygens (including phenoxy) is 2. The minimum atomic E-state index is -0.717. The van der Waals surface area contributed by atoms with Crippen LogP contribution >= 0.6 is 0 Å². The second kappa shape index (κ2) is 12.2. The number of hydroxylamine groups is 1. The maximum Gasteiger partial charge on any atom is 0.118 e. The highest BCUT2D eigenvalue weighted by Gasteiger charge is 2.37. The third-order valence-electron chi connectivity index (χ3n) is 5.63. The van der Waals surface area contributed by atoms with Gasteiger partial charge in [-0.05, 0) is 53.8 Å². The Kier molecular flexibility index (Phi) is 9.11. The van der Waals surface area contributed by atoms with E-state index < -0.39 is 5.54 Å². The van der Waals surface area contributed by atoms with Gasteiger partial charge in [0.2, 0.25) is 0 Å². The van der Waals surface area contributed by atoms with Gasteiger partial charge in [-0.3, -0.25) is 0 Å². The summed E-state index contributed by atoms with van der Waals surface area (Å²) in [6, 6.07) is 26.4. The molecule has 0 amide bonds. The second-order valence-electron chi connectivity index (χ2n) is 7.66. The van der Waals surface area contributed by atoms with Crippen LogP contribution in [0.25, 0.3) is 0 Å². The van der Waals surface area contributed by atoms with Crippen molar-refractivity contribution >= 4 is 0 Å². The summed E-state index contributed by atoms with van der Waals surface area (Å²) in [5.41, 5.74) is 5.84. The Morgan fingerprint density at radius 1 is 0.656 bits per heavy atom. The van der Waals surface area contributed by atoms with Gasteiger partial charge in [0.15, 0.2) is 0 Å². The maximum atomic E-state index is 8.97. The summed E-state index contributed by atoms with van der Waals surface area (Å²) < 4.78 is 10.8. The first-order chi connectivity index (χ1) is 15.7. The smallest absolute Gasteiger partial charge is 0.118 e. The zero-order chi connectivity index (χ0) is 22.7. The van der Waals surface area contributed by atoms with Crippen LogP contribution in [0.15, 0.2) is 78.9 Å². The summed E-state index contributed by atoms with van der Waals surface area (Å²) in [5, 5.41) is 8.97. The first-order valence-electron chi connectivity index (χ1n) is 11.1. The number of aliphatic hydroxyl groups excluding tert-OH is 1. The molecule has 170 valence electrons. The molecule has 0 fully saturated rings. The summed E-state index contributed by atoms with van der Waals surface area (Å²) in [4.78, 5) is 6.08. The Labute approximate surface area is 190 Å². The third-order valence-corrected chi connectivity index (χ3v) is 5.63. The lowest BCUT2D eigenvalue weighted by Gasteiger charge is -2.36. The van der Waals surface area contributed by atoms with Gasteiger partial charge in [-0.25, -0.2) is 0 Å². The van der Waals surface area contributed by atoms with E-state index in [9.17, 15) is 0 Å². The van der Waals surface area contributed by atoms with E-state index in [1.54, 1.807) is 14.2 Å². The fourth-order valence-corrected chi connectivity index (χ4v) is 3.85. The quantitative estimate of drug-likeness (QED) is 0.223. The Morgan fingerprint density at radius 2 is 1.16 bits per heavy atom. The molecule has 3 aromatic rings. The van der Waals surface area contributed by atoms with Crippen LogP contribution in [0, 0.1) is 0 Å². The molecule has 0 unspecified atom stereocenters. The molecule has 32 heavy (non-hydrogen) atoms. The average Bonchev–Trinajstić information content (AvgIpc) is 2.87. The van der Waals surface area contributed by atoms with Crippen LogP contribution < -0.4 is 15.0 Å². The van der Waals surface area contributed by atoms with Gasteiger partial charge in [0.25, 0.3) is 0 Å². The lowest BCUT2D eigenvalue weighted by atomic mass is 9.77. The minimum absolute atomic E-state index is 0.241. The van der Waals surface area contributed by atoms with Crippen molar-refractivity contribution in [2.24, 2.45) is 0 Å². The monoisotopic (exact) mass is 435 g/mol. The number of methoxy groups -OCH3 is 2. The molecule has 3 rings (SSSR count). The third kappa shape index (κ3) is 5.68. The number of rotatable bonds is 13. The van der Waals surface area contributed by atoms with Crippen LogP contribution in [-0.2, 0) is 10.4 Å². The number of unbranched alkanes of at least 4 members (excludes halogenated alkanes) is 3. The van der Waals surface area contributed by atoms with Crippen LogP contribution in [0.3, 0.4) is 0 Å². The van der Waals surface area contributed by atoms with Gasteiger partial charge in [-0.15, -0.1) is 0 Å². The molecule has 0 saturated heterocycles. The van der Waals surface area contributed by atoms with E-state index in [1.807, 2.05) is 42.5 Å². The van der Waals surface area contributed by atoms with Gasteiger partial charge < -0.3 is 19.4 Å². The zero-order valence-corrected chi connectivity index (χ0v) is 18.9. The highest BCUT2D eigenvalue weighted by molar-refractivity contribution is 5.51. The molecule has 5 nitrogen and oxygen atoms in total. The highest BCUT2D eigenvalue weighted by atomic mass is 16.6. The highest BCUT2D eigenvalue weighted by Crippen LogP contribution is 2.38. The Balaban J connectivity index is 1.99. The fraction of sp³-hybridized carbons (Fsp3) is 0.333. The first kappa shape index (κ1) is 23.8. The predicted molar refractivity (Wildman–Crippen MR) is 127 cm³/mol. The zero-order valence-electron chi connectivity index (χ0n) is 18.9. The van der Waals surface area contributed by atoms with Gasteiger partial charge in [0.05, 0.1) is 20.8 Å². The van der Waals surface area contributed by atoms with Crippen molar-refractivity contribution in [2.45, 2.75) is 31.2 Å². The van der Waals surface area contributed by atoms with E-state index in [1.165, 1.54) is 0 Å². The molecule has 0 aliphatic carbocycles. The molecule has 0 heterocycles. The molecule has 3 aromatic carbocycles. The molecule has 0 radical (unpaired) electrons. The van der Waals surface area contributed by atoms with Crippen molar-refractivity contribution in [3.63, 3.8) is 0 Å². The van der Waals surface area contributed by atoms with E-state index >= 15 is 0 Å². The summed E-state index contributed by atoms with van der Waals surface area (Å²) in [6.07, 6.45) is 3.77. The van der Waals surface area contributed by atoms with Crippen LogP contribution in [0.2, 0.25) is 0 Å². The molecule has 5 heteroatoms. The van der Waals surface area contributed by atoms with Gasteiger partial charge >= 0.3 is 0 Å². The van der Waals surface area contributed by atoms with Crippen molar-refractivity contribution in [1.29, 1.82) is 0 Å². The van der Waals surface area contributed by atoms with Crippen LogP contribution in [0.1, 0.15) is 42.4 Å². The molecule has 0 aromatic heterocycles. The van der Waals surface area contributed by atoms with Crippen molar-refractivity contribution in [2.75, 3.05) is 27.4 Å². The Hall–Kier alpha value is -2.86. The van der Waals surface area contributed by atoms with E-state index in [-0.39, 0.29) is 6.61 Å². The van der Waals surface area contributed by atoms with E-state index in [0.717, 1.165) is 53.9 Å². The van der Waals surface area contributed by atoms with Gasteiger partial charge in [-0.1, -0.05) is 67.4 Å². The van der Waals surface area contributed by atoms with E-state index in [4.69, 9.17) is 19.4 Å². The molecular weight excluding hydrogens is 402 g/mol. The SMILES string of the molecule is COc1ccc(C(NOCCCCCCO)(c2ccccc2)c2ccc(OC)cc2)cc1. The van der Waals surface area contributed by atoms with Gasteiger partial charge in [0, 0.05) is 6.61 Å². The summed E-state index contributed by atoms with van der Waals surface area (Å²) in [6.45, 7) is 0.817. The number of benzene rings is 3. The van der Waals surface area contributed by atoms with Gasteiger partial charge in [0.1, 0.15) is 17.0 Å². The molecule has 0 bridgehead atoms. The normalized spacial score (nSPS) is 11.3. The lowest BCUT2D eigenvalue weighted by molar-refractivity contribution is -0.00153. The average molecular weight is 436 g/mol. The maximum absolute atomic E-state index is 8.97. The van der Waals surface area contributed by atoms with E-state index in [0.29, 0.717) is 6.61 Å². The summed E-state index contributed by atoms with van der Waals surface area (Å²) in [5.74, 6) is 1.60. The Bertz CT molecular complexity index is 863. The van der Waals surface area contributed by atoms with Crippen LogP contribution in [0.5, 0.6) is 11.5 Å². The molecule has 0 spiro atoms. The van der Waals surface area contributed by atoms with Crippen molar-refractivity contribution in [1.82, 2.24) is 5.48 Å². The van der Waals surface area contributed by atoms with Crippen molar-refractivity contribution in [3.8, 4) is 11.5 Å². The predicted octanol–water partition coefficient (Wildman–Crippen LogP) is 5.07. The number of nitrogens with one attached hydrogen (secondary N) is 1. The minimum Gasteiger partial charge on any atom is -0.497 e. The molecule has 0 aliphatic heterocycles. The lowest BCUT2D eigenvalue weighted by Crippen LogP contribution is -2.44. The number of hydrogen-bond acceptors (Lipinski definition) is 5. The molecular formula is C27H33NO4. The number of hydrogen-bond donors (Lipinski definition) is 2. The largest absolute Gasteiger partial charge is 0.497 e. The van der Waals surface area contributed by atoms with Crippen LogP contribution in [0.4, 0.5) is 0 Å². The standard InChI is InChI=1S/C27H33NO4/c1-30-25-16-12-23(13-17-25)27(22-10-6-5-7-11-22,24-14-18-26(31-2)19-15-24)28-32-21-9-4-3-8-20-29/h5-7,10-19,28-29H,3-4,8-9,20-21H2,1-2H3.